The Morgan fingerprint density at radius 3 is 2.71 bits per heavy atom. The first-order chi connectivity index (χ1) is 9.82. The van der Waals surface area contributed by atoms with Crippen LogP contribution in [0.5, 0.6) is 0 Å². The molecule has 1 aromatic carbocycles. The predicted molar refractivity (Wildman–Crippen MR) is 85.5 cm³/mol. The van der Waals surface area contributed by atoms with Crippen molar-refractivity contribution in [2.75, 3.05) is 27.3 Å². The molecular formula is C14H19Cl2NO3S. The van der Waals surface area contributed by atoms with E-state index in [1.54, 1.807) is 32.3 Å². The summed E-state index contributed by atoms with van der Waals surface area (Å²) in [4.78, 5) is 0. The molecule has 0 spiro atoms. The van der Waals surface area contributed by atoms with E-state index in [1.165, 1.54) is 4.31 Å². The maximum absolute atomic E-state index is 12.4. The van der Waals surface area contributed by atoms with E-state index in [0.717, 1.165) is 5.56 Å². The van der Waals surface area contributed by atoms with Crippen LogP contribution in [-0.4, -0.2) is 45.3 Å². The number of halogens is 2. The Morgan fingerprint density at radius 1 is 1.33 bits per heavy atom. The molecule has 1 fully saturated rings. The molecule has 1 saturated heterocycles. The summed E-state index contributed by atoms with van der Waals surface area (Å²) in [5.74, 6) is -0.123. The fourth-order valence-corrected chi connectivity index (χ4v) is 4.60. The van der Waals surface area contributed by atoms with Gasteiger partial charge in [-0.25, -0.2) is 12.7 Å². The van der Waals surface area contributed by atoms with Gasteiger partial charge in [-0.3, -0.25) is 0 Å². The van der Waals surface area contributed by atoms with Crippen molar-refractivity contribution in [1.29, 1.82) is 0 Å². The van der Waals surface area contributed by atoms with Gasteiger partial charge in [-0.2, -0.15) is 0 Å². The monoisotopic (exact) mass is 351 g/mol. The SMILES string of the molecule is CN(C)S(=O)(=O)C1CCOCC1Cc1cc(Cl)ccc1Cl. The van der Waals surface area contributed by atoms with E-state index in [0.29, 0.717) is 36.1 Å². The fourth-order valence-electron chi connectivity index (χ4n) is 2.61. The van der Waals surface area contributed by atoms with Gasteiger partial charge in [0.1, 0.15) is 0 Å². The third kappa shape index (κ3) is 3.90. The number of ether oxygens (including phenoxy) is 1. The molecule has 0 N–H and O–H groups in total. The van der Waals surface area contributed by atoms with Crippen LogP contribution in [0.3, 0.4) is 0 Å². The van der Waals surface area contributed by atoms with Crippen LogP contribution in [0.2, 0.25) is 10.0 Å². The van der Waals surface area contributed by atoms with Crippen LogP contribution in [0.15, 0.2) is 18.2 Å². The number of nitrogens with zero attached hydrogens (tertiary/aromatic N) is 1. The molecule has 0 radical (unpaired) electrons. The number of hydrogen-bond acceptors (Lipinski definition) is 3. The topological polar surface area (TPSA) is 46.6 Å². The Balaban J connectivity index is 2.26. The van der Waals surface area contributed by atoms with Crippen molar-refractivity contribution in [3.05, 3.63) is 33.8 Å². The highest BCUT2D eigenvalue weighted by Gasteiger charge is 2.37. The number of hydrogen-bond donors (Lipinski definition) is 0. The number of sulfonamides is 1. The van der Waals surface area contributed by atoms with Crippen LogP contribution >= 0.6 is 23.2 Å². The largest absolute Gasteiger partial charge is 0.381 e. The second-order valence-corrected chi connectivity index (χ2v) is 8.64. The summed E-state index contributed by atoms with van der Waals surface area (Å²) < 4.78 is 31.7. The summed E-state index contributed by atoms with van der Waals surface area (Å²) in [6, 6.07) is 5.25. The highest BCUT2D eigenvalue weighted by molar-refractivity contribution is 7.89. The highest BCUT2D eigenvalue weighted by Crippen LogP contribution is 2.30. The lowest BCUT2D eigenvalue weighted by Gasteiger charge is -2.33. The lowest BCUT2D eigenvalue weighted by molar-refractivity contribution is 0.0563. The smallest absolute Gasteiger partial charge is 0.216 e. The Labute approximate surface area is 136 Å². The molecule has 0 aliphatic carbocycles. The van der Waals surface area contributed by atoms with E-state index in [9.17, 15) is 8.42 Å². The molecule has 0 amide bonds. The van der Waals surface area contributed by atoms with Gasteiger partial charge in [-0.1, -0.05) is 23.2 Å². The molecule has 2 atom stereocenters. The third-order valence-corrected chi connectivity index (χ3v) is 6.79. The summed E-state index contributed by atoms with van der Waals surface area (Å²) in [6.45, 7) is 0.887. The van der Waals surface area contributed by atoms with Gasteiger partial charge < -0.3 is 4.74 Å². The van der Waals surface area contributed by atoms with Gasteiger partial charge in [-0.15, -0.1) is 0 Å². The third-order valence-electron chi connectivity index (χ3n) is 3.79. The lowest BCUT2D eigenvalue weighted by atomic mass is 9.93. The quantitative estimate of drug-likeness (QED) is 0.837. The van der Waals surface area contributed by atoms with E-state index in [4.69, 9.17) is 27.9 Å². The second kappa shape index (κ2) is 6.84. The summed E-state index contributed by atoms with van der Waals surface area (Å²) in [6.07, 6.45) is 1.04. The van der Waals surface area contributed by atoms with E-state index in [-0.39, 0.29) is 5.92 Å². The molecular weight excluding hydrogens is 333 g/mol. The van der Waals surface area contributed by atoms with Crippen molar-refractivity contribution >= 4 is 33.2 Å². The van der Waals surface area contributed by atoms with Crippen molar-refractivity contribution in [2.45, 2.75) is 18.1 Å². The lowest BCUT2D eigenvalue weighted by Crippen LogP contribution is -2.44. The van der Waals surface area contributed by atoms with Crippen LogP contribution in [0.1, 0.15) is 12.0 Å². The van der Waals surface area contributed by atoms with Crippen molar-refractivity contribution in [3.8, 4) is 0 Å². The Hall–Kier alpha value is -0.330. The molecule has 4 nitrogen and oxygen atoms in total. The average Bonchev–Trinajstić information content (AvgIpc) is 2.43. The zero-order valence-corrected chi connectivity index (χ0v) is 14.4. The summed E-state index contributed by atoms with van der Waals surface area (Å²) in [7, 11) is -0.188. The van der Waals surface area contributed by atoms with Gasteiger partial charge in [0.25, 0.3) is 0 Å². The standard InChI is InChI=1S/C14H19Cl2NO3S/c1-17(2)21(18,19)14-5-6-20-9-11(14)7-10-8-12(15)3-4-13(10)16/h3-4,8,11,14H,5-7,9H2,1-2H3. The second-order valence-electron chi connectivity index (χ2n) is 5.43. The van der Waals surface area contributed by atoms with Gasteiger partial charge in [-0.05, 0) is 36.6 Å². The zero-order valence-electron chi connectivity index (χ0n) is 12.1. The molecule has 0 saturated carbocycles. The van der Waals surface area contributed by atoms with Gasteiger partial charge in [0.05, 0.1) is 11.9 Å². The molecule has 1 heterocycles. The van der Waals surface area contributed by atoms with Crippen molar-refractivity contribution in [3.63, 3.8) is 0 Å². The molecule has 1 aliphatic heterocycles. The molecule has 1 aliphatic rings. The van der Waals surface area contributed by atoms with Crippen LogP contribution in [0.4, 0.5) is 0 Å². The van der Waals surface area contributed by atoms with Crippen LogP contribution in [0, 0.1) is 5.92 Å². The summed E-state index contributed by atoms with van der Waals surface area (Å²) in [5, 5.41) is 0.750. The first-order valence-corrected chi connectivity index (χ1v) is 9.01. The maximum atomic E-state index is 12.4. The Kier molecular flexibility index (Phi) is 5.54. The van der Waals surface area contributed by atoms with E-state index < -0.39 is 15.3 Å². The molecule has 1 aromatic rings. The van der Waals surface area contributed by atoms with Crippen LogP contribution < -0.4 is 0 Å². The maximum Gasteiger partial charge on any atom is 0.216 e. The minimum atomic E-state index is -3.31. The van der Waals surface area contributed by atoms with Crippen molar-refractivity contribution in [1.82, 2.24) is 4.31 Å². The molecule has 0 bridgehead atoms. The van der Waals surface area contributed by atoms with E-state index in [2.05, 4.69) is 0 Å². The molecule has 118 valence electrons. The Morgan fingerprint density at radius 2 is 2.05 bits per heavy atom. The summed E-state index contributed by atoms with van der Waals surface area (Å²) >= 11 is 12.2. The first kappa shape index (κ1) is 17.0. The molecule has 21 heavy (non-hydrogen) atoms. The molecule has 0 aromatic heterocycles. The normalized spacial score (nSPS) is 23.5. The minimum Gasteiger partial charge on any atom is -0.381 e. The Bertz CT molecular complexity index is 604. The van der Waals surface area contributed by atoms with Gasteiger partial charge in [0.15, 0.2) is 0 Å². The van der Waals surface area contributed by atoms with Crippen LogP contribution in [0.25, 0.3) is 0 Å². The van der Waals surface area contributed by atoms with Crippen LogP contribution in [-0.2, 0) is 21.2 Å². The predicted octanol–water partition coefficient (Wildman–Crippen LogP) is 2.83. The van der Waals surface area contributed by atoms with Crippen molar-refractivity contribution < 1.29 is 13.2 Å². The molecule has 2 rings (SSSR count). The number of benzene rings is 1. The van der Waals surface area contributed by atoms with Gasteiger partial charge >= 0.3 is 0 Å². The summed E-state index contributed by atoms with van der Waals surface area (Å²) in [5.41, 5.74) is 0.860. The number of rotatable bonds is 4. The molecule has 2 unspecified atom stereocenters. The van der Waals surface area contributed by atoms with Gasteiger partial charge in [0.2, 0.25) is 10.0 Å². The van der Waals surface area contributed by atoms with E-state index in [1.807, 2.05) is 0 Å². The first-order valence-electron chi connectivity index (χ1n) is 6.75. The van der Waals surface area contributed by atoms with Gasteiger partial charge in [0, 0.05) is 36.7 Å². The zero-order chi connectivity index (χ0) is 15.6. The molecule has 7 heteroatoms. The fraction of sp³-hybridized carbons (Fsp3) is 0.571. The minimum absolute atomic E-state index is 0.123. The van der Waals surface area contributed by atoms with E-state index >= 15 is 0 Å². The average molecular weight is 352 g/mol. The highest BCUT2D eigenvalue weighted by atomic mass is 35.5. The van der Waals surface area contributed by atoms with Crippen molar-refractivity contribution in [2.24, 2.45) is 5.92 Å².